The second-order valence-corrected chi connectivity index (χ2v) is 6.74. The molecular formula is C12H19N3O3S. The first-order valence-electron chi connectivity index (χ1n) is 5.76. The minimum absolute atomic E-state index is 0.0186. The number of rotatable bonds is 6. The van der Waals surface area contributed by atoms with Crippen molar-refractivity contribution in [2.75, 3.05) is 6.54 Å². The normalized spacial score (nSPS) is 13.5. The van der Waals surface area contributed by atoms with Crippen molar-refractivity contribution >= 4 is 15.9 Å². The Kier molecular flexibility index (Phi) is 4.90. The maximum atomic E-state index is 11.9. The van der Waals surface area contributed by atoms with Crippen molar-refractivity contribution in [3.8, 4) is 0 Å². The first kappa shape index (κ1) is 15.5. The molecule has 4 N–H and O–H groups in total. The summed E-state index contributed by atoms with van der Waals surface area (Å²) < 4.78 is 26.3. The van der Waals surface area contributed by atoms with Crippen LogP contribution in [-0.4, -0.2) is 26.0 Å². The van der Waals surface area contributed by atoms with E-state index in [0.717, 1.165) is 0 Å². The predicted octanol–water partition coefficient (Wildman–Crippen LogP) is 0.879. The summed E-state index contributed by atoms with van der Waals surface area (Å²) in [5, 5.41) is 11.5. The van der Waals surface area contributed by atoms with E-state index in [-0.39, 0.29) is 18.1 Å². The molecule has 0 aromatic heterocycles. The van der Waals surface area contributed by atoms with Crippen LogP contribution < -0.4 is 10.5 Å². The molecule has 0 radical (unpaired) electrons. The molecule has 1 aromatic rings. The van der Waals surface area contributed by atoms with Crippen LogP contribution >= 0.6 is 0 Å². The highest BCUT2D eigenvalue weighted by atomic mass is 32.2. The lowest BCUT2D eigenvalue weighted by Crippen LogP contribution is -2.42. The Hall–Kier alpha value is -1.60. The van der Waals surface area contributed by atoms with Gasteiger partial charge in [-0.2, -0.15) is 0 Å². The molecule has 0 aliphatic carbocycles. The van der Waals surface area contributed by atoms with Crippen molar-refractivity contribution < 1.29 is 13.6 Å². The fourth-order valence-electron chi connectivity index (χ4n) is 1.36. The first-order valence-corrected chi connectivity index (χ1v) is 7.41. The number of amidine groups is 1. The van der Waals surface area contributed by atoms with Crippen LogP contribution in [0.5, 0.6) is 0 Å². The molecule has 0 spiro atoms. The molecule has 0 fully saturated rings. The molecule has 0 unspecified atom stereocenters. The van der Waals surface area contributed by atoms with Crippen molar-refractivity contribution in [3.63, 3.8) is 0 Å². The summed E-state index contributed by atoms with van der Waals surface area (Å²) in [5.74, 6) is -0.116. The summed E-state index contributed by atoms with van der Waals surface area (Å²) in [6, 6.07) is 8.88. The van der Waals surface area contributed by atoms with Gasteiger partial charge >= 0.3 is 0 Å². The van der Waals surface area contributed by atoms with E-state index >= 15 is 0 Å². The van der Waals surface area contributed by atoms with E-state index in [9.17, 15) is 8.42 Å². The van der Waals surface area contributed by atoms with Gasteiger partial charge in [0, 0.05) is 12.0 Å². The number of oxime groups is 1. The molecule has 1 rings (SSSR count). The molecule has 106 valence electrons. The average molecular weight is 285 g/mol. The van der Waals surface area contributed by atoms with Gasteiger partial charge in [0.1, 0.15) is 5.84 Å². The fourth-order valence-corrected chi connectivity index (χ4v) is 2.68. The predicted molar refractivity (Wildman–Crippen MR) is 74.3 cm³/mol. The van der Waals surface area contributed by atoms with E-state index in [1.165, 1.54) is 0 Å². The lowest BCUT2D eigenvalue weighted by Gasteiger charge is -2.23. The Morgan fingerprint density at radius 2 is 1.95 bits per heavy atom. The minimum Gasteiger partial charge on any atom is -0.409 e. The van der Waals surface area contributed by atoms with E-state index in [2.05, 4.69) is 9.88 Å². The van der Waals surface area contributed by atoms with Crippen LogP contribution in [0.4, 0.5) is 0 Å². The van der Waals surface area contributed by atoms with Crippen LogP contribution in [0.25, 0.3) is 0 Å². The molecule has 0 amide bonds. The summed E-state index contributed by atoms with van der Waals surface area (Å²) in [5.41, 5.74) is 5.45. The first-order chi connectivity index (χ1) is 8.77. The van der Waals surface area contributed by atoms with Gasteiger partial charge in [-0.3, -0.25) is 0 Å². The second-order valence-electron chi connectivity index (χ2n) is 4.93. The zero-order chi connectivity index (χ0) is 14.5. The molecule has 6 nitrogen and oxygen atoms in total. The molecule has 0 saturated carbocycles. The van der Waals surface area contributed by atoms with E-state index in [0.29, 0.717) is 5.56 Å². The Bertz CT molecular complexity index is 539. The van der Waals surface area contributed by atoms with Gasteiger partial charge in [-0.25, -0.2) is 13.1 Å². The van der Waals surface area contributed by atoms with Crippen LogP contribution in [0.15, 0.2) is 35.5 Å². The summed E-state index contributed by atoms with van der Waals surface area (Å²) in [6.45, 7) is 3.44. The molecule has 0 bridgehead atoms. The monoisotopic (exact) mass is 285 g/mol. The fraction of sp³-hybridized carbons (Fsp3) is 0.417. The van der Waals surface area contributed by atoms with Crippen molar-refractivity contribution in [3.05, 3.63) is 35.9 Å². The number of nitrogens with zero attached hydrogens (tertiary/aromatic N) is 1. The molecular weight excluding hydrogens is 266 g/mol. The Morgan fingerprint density at radius 3 is 2.47 bits per heavy atom. The number of benzene rings is 1. The number of hydrogen-bond acceptors (Lipinski definition) is 4. The standard InChI is InChI=1S/C12H19N3O3S/c1-12(2,11(13)15-16)9-14-19(17,18)8-10-6-4-3-5-7-10/h3-7,14,16H,8-9H2,1-2H3,(H2,13,15). The highest BCUT2D eigenvalue weighted by molar-refractivity contribution is 7.88. The van der Waals surface area contributed by atoms with Crippen LogP contribution in [0.2, 0.25) is 0 Å². The van der Waals surface area contributed by atoms with E-state index in [1.54, 1.807) is 38.1 Å². The van der Waals surface area contributed by atoms with Crippen molar-refractivity contribution in [2.45, 2.75) is 19.6 Å². The molecule has 7 heteroatoms. The summed E-state index contributed by atoms with van der Waals surface area (Å²) >= 11 is 0. The lowest BCUT2D eigenvalue weighted by molar-refractivity contribution is 0.307. The smallest absolute Gasteiger partial charge is 0.215 e. The Morgan fingerprint density at radius 1 is 1.37 bits per heavy atom. The SMILES string of the molecule is CC(C)(CNS(=O)(=O)Cc1ccccc1)/C(N)=N/O. The van der Waals surface area contributed by atoms with Crippen molar-refractivity contribution in [1.82, 2.24) is 4.72 Å². The molecule has 0 saturated heterocycles. The van der Waals surface area contributed by atoms with Gasteiger partial charge in [-0.05, 0) is 5.56 Å². The highest BCUT2D eigenvalue weighted by Crippen LogP contribution is 2.14. The third-order valence-electron chi connectivity index (χ3n) is 2.73. The maximum absolute atomic E-state index is 11.9. The van der Waals surface area contributed by atoms with Crippen molar-refractivity contribution in [1.29, 1.82) is 0 Å². The van der Waals surface area contributed by atoms with E-state index in [1.807, 2.05) is 6.07 Å². The Balaban J connectivity index is 2.67. The molecule has 0 atom stereocenters. The minimum atomic E-state index is -3.45. The summed E-state index contributed by atoms with van der Waals surface area (Å²) in [7, 11) is -3.45. The quantitative estimate of drug-likeness (QED) is 0.312. The van der Waals surface area contributed by atoms with E-state index < -0.39 is 15.4 Å². The van der Waals surface area contributed by atoms with Crippen LogP contribution in [0, 0.1) is 5.41 Å². The number of sulfonamides is 1. The van der Waals surface area contributed by atoms with Gasteiger partial charge in [-0.1, -0.05) is 49.3 Å². The van der Waals surface area contributed by atoms with Gasteiger partial charge in [0.2, 0.25) is 10.0 Å². The van der Waals surface area contributed by atoms with Gasteiger partial charge in [-0.15, -0.1) is 0 Å². The van der Waals surface area contributed by atoms with E-state index in [4.69, 9.17) is 10.9 Å². The molecule has 19 heavy (non-hydrogen) atoms. The zero-order valence-electron chi connectivity index (χ0n) is 11.0. The number of nitrogens with one attached hydrogen (secondary N) is 1. The average Bonchev–Trinajstić information content (AvgIpc) is 2.36. The van der Waals surface area contributed by atoms with Crippen LogP contribution in [-0.2, 0) is 15.8 Å². The highest BCUT2D eigenvalue weighted by Gasteiger charge is 2.26. The summed E-state index contributed by atoms with van der Waals surface area (Å²) in [6.07, 6.45) is 0. The van der Waals surface area contributed by atoms with Gasteiger partial charge < -0.3 is 10.9 Å². The van der Waals surface area contributed by atoms with Gasteiger partial charge in [0.25, 0.3) is 0 Å². The third-order valence-corrected chi connectivity index (χ3v) is 4.03. The van der Waals surface area contributed by atoms with Crippen LogP contribution in [0.1, 0.15) is 19.4 Å². The number of hydrogen-bond donors (Lipinski definition) is 3. The molecule has 0 aliphatic heterocycles. The van der Waals surface area contributed by atoms with Gasteiger partial charge in [0.15, 0.2) is 0 Å². The van der Waals surface area contributed by atoms with Crippen LogP contribution in [0.3, 0.4) is 0 Å². The largest absolute Gasteiger partial charge is 0.409 e. The zero-order valence-corrected chi connectivity index (χ0v) is 11.8. The topological polar surface area (TPSA) is 105 Å². The molecule has 1 aromatic carbocycles. The molecule has 0 aliphatic rings. The second kappa shape index (κ2) is 6.03. The lowest BCUT2D eigenvalue weighted by atomic mass is 9.93. The van der Waals surface area contributed by atoms with Gasteiger partial charge in [0.05, 0.1) is 5.75 Å². The Labute approximate surface area is 113 Å². The molecule has 0 heterocycles. The summed E-state index contributed by atoms with van der Waals surface area (Å²) in [4.78, 5) is 0. The number of nitrogens with two attached hydrogens (primary N) is 1. The maximum Gasteiger partial charge on any atom is 0.215 e. The third kappa shape index (κ3) is 4.88. The van der Waals surface area contributed by atoms with Crippen molar-refractivity contribution in [2.24, 2.45) is 16.3 Å².